The average Bonchev–Trinajstić information content (AvgIpc) is 2.49. The molecule has 0 spiro atoms. The third kappa shape index (κ3) is 1.31. The standard InChI is InChI=1S/C9H10N4S/c10-6-5-12-13(9(6)11)7-3-1-2-4-8(7)14/h1-5,14H,10-11H2. The summed E-state index contributed by atoms with van der Waals surface area (Å²) < 4.78 is 1.57. The van der Waals surface area contributed by atoms with E-state index in [2.05, 4.69) is 17.7 Å². The minimum atomic E-state index is 0.437. The second-order valence-electron chi connectivity index (χ2n) is 2.89. The molecule has 0 fully saturated rings. The van der Waals surface area contributed by atoms with Crippen LogP contribution in [0.2, 0.25) is 0 Å². The van der Waals surface area contributed by atoms with E-state index < -0.39 is 0 Å². The normalized spacial score (nSPS) is 10.4. The van der Waals surface area contributed by atoms with E-state index in [-0.39, 0.29) is 0 Å². The van der Waals surface area contributed by atoms with Crippen molar-refractivity contribution in [2.45, 2.75) is 4.90 Å². The monoisotopic (exact) mass is 206 g/mol. The van der Waals surface area contributed by atoms with E-state index in [0.29, 0.717) is 11.5 Å². The van der Waals surface area contributed by atoms with Crippen molar-refractivity contribution in [3.8, 4) is 5.69 Å². The van der Waals surface area contributed by atoms with Crippen molar-refractivity contribution in [2.75, 3.05) is 11.5 Å². The molecule has 1 aromatic carbocycles. The van der Waals surface area contributed by atoms with Crippen LogP contribution in [0.3, 0.4) is 0 Å². The molecule has 0 aliphatic heterocycles. The second kappa shape index (κ2) is 3.26. The lowest BCUT2D eigenvalue weighted by Crippen LogP contribution is -2.03. The fourth-order valence-corrected chi connectivity index (χ4v) is 1.46. The highest BCUT2D eigenvalue weighted by atomic mass is 32.1. The van der Waals surface area contributed by atoms with Crippen LogP contribution in [0.5, 0.6) is 0 Å². The quantitative estimate of drug-likeness (QED) is 0.616. The Bertz CT molecular complexity index is 464. The number of anilines is 2. The molecule has 0 aliphatic rings. The van der Waals surface area contributed by atoms with Gasteiger partial charge in [0.05, 0.1) is 17.6 Å². The first-order chi connectivity index (χ1) is 6.70. The van der Waals surface area contributed by atoms with Gasteiger partial charge in [-0.1, -0.05) is 12.1 Å². The Balaban J connectivity index is 2.60. The molecule has 72 valence electrons. The number of para-hydroxylation sites is 1. The zero-order valence-electron chi connectivity index (χ0n) is 7.38. The molecule has 14 heavy (non-hydrogen) atoms. The fourth-order valence-electron chi connectivity index (χ4n) is 1.21. The zero-order chi connectivity index (χ0) is 10.1. The van der Waals surface area contributed by atoms with Crippen LogP contribution in [0.1, 0.15) is 0 Å². The van der Waals surface area contributed by atoms with Crippen LogP contribution in [0, 0.1) is 0 Å². The number of thiol groups is 1. The molecule has 0 aliphatic carbocycles. The maximum Gasteiger partial charge on any atom is 0.150 e. The highest BCUT2D eigenvalue weighted by molar-refractivity contribution is 7.80. The third-order valence-electron chi connectivity index (χ3n) is 1.95. The van der Waals surface area contributed by atoms with Gasteiger partial charge in [-0.2, -0.15) is 5.10 Å². The molecule has 2 aromatic rings. The molecule has 4 N–H and O–H groups in total. The van der Waals surface area contributed by atoms with Crippen molar-refractivity contribution in [1.29, 1.82) is 0 Å². The molecule has 2 rings (SSSR count). The summed E-state index contributed by atoms with van der Waals surface area (Å²) >= 11 is 4.31. The Morgan fingerprint density at radius 3 is 2.50 bits per heavy atom. The lowest BCUT2D eigenvalue weighted by Gasteiger charge is -2.06. The molecule has 4 nitrogen and oxygen atoms in total. The van der Waals surface area contributed by atoms with Crippen LogP contribution in [-0.4, -0.2) is 9.78 Å². The predicted octanol–water partition coefficient (Wildman–Crippen LogP) is 1.33. The highest BCUT2D eigenvalue weighted by Crippen LogP contribution is 2.23. The van der Waals surface area contributed by atoms with Crippen LogP contribution >= 0.6 is 12.6 Å². The minimum absolute atomic E-state index is 0.437. The molecular weight excluding hydrogens is 196 g/mol. The number of aromatic nitrogens is 2. The van der Waals surface area contributed by atoms with Crippen LogP contribution in [0.15, 0.2) is 35.4 Å². The largest absolute Gasteiger partial charge is 0.394 e. The maximum absolute atomic E-state index is 5.75. The summed E-state index contributed by atoms with van der Waals surface area (Å²) in [6.07, 6.45) is 1.52. The van der Waals surface area contributed by atoms with Crippen LogP contribution in [0.4, 0.5) is 11.5 Å². The van der Waals surface area contributed by atoms with Gasteiger partial charge in [-0.25, -0.2) is 4.68 Å². The first-order valence-electron chi connectivity index (χ1n) is 4.07. The minimum Gasteiger partial charge on any atom is -0.394 e. The molecule has 0 radical (unpaired) electrons. The topological polar surface area (TPSA) is 69.9 Å². The van der Waals surface area contributed by atoms with Gasteiger partial charge in [0, 0.05) is 4.90 Å². The molecule has 0 amide bonds. The SMILES string of the molecule is Nc1cnn(-c2ccccc2S)c1N. The molecule has 0 bridgehead atoms. The van der Waals surface area contributed by atoms with E-state index in [4.69, 9.17) is 11.5 Å². The fraction of sp³-hybridized carbons (Fsp3) is 0. The first-order valence-corrected chi connectivity index (χ1v) is 4.52. The Kier molecular flexibility index (Phi) is 2.09. The van der Waals surface area contributed by atoms with Crippen molar-refractivity contribution in [3.05, 3.63) is 30.5 Å². The number of hydrogen-bond donors (Lipinski definition) is 3. The predicted molar refractivity (Wildman–Crippen MR) is 59.6 cm³/mol. The van der Waals surface area contributed by atoms with Gasteiger partial charge in [-0.05, 0) is 12.1 Å². The van der Waals surface area contributed by atoms with Gasteiger partial charge in [0.15, 0.2) is 5.82 Å². The Labute approximate surface area is 86.9 Å². The van der Waals surface area contributed by atoms with Crippen molar-refractivity contribution >= 4 is 24.1 Å². The summed E-state index contributed by atoms with van der Waals surface area (Å²) in [5, 5.41) is 4.06. The summed E-state index contributed by atoms with van der Waals surface area (Å²) in [6.45, 7) is 0. The van der Waals surface area contributed by atoms with Crippen LogP contribution in [0.25, 0.3) is 5.69 Å². The molecule has 0 saturated heterocycles. The number of nitrogen functional groups attached to an aromatic ring is 2. The molecule has 0 atom stereocenters. The number of benzene rings is 1. The van der Waals surface area contributed by atoms with Gasteiger partial charge in [0.1, 0.15) is 0 Å². The molecular formula is C9H10N4S. The van der Waals surface area contributed by atoms with Gasteiger partial charge >= 0.3 is 0 Å². The van der Waals surface area contributed by atoms with Crippen molar-refractivity contribution in [1.82, 2.24) is 9.78 Å². The number of nitrogens with two attached hydrogens (primary N) is 2. The number of hydrogen-bond acceptors (Lipinski definition) is 4. The molecule has 5 heteroatoms. The van der Waals surface area contributed by atoms with Crippen molar-refractivity contribution < 1.29 is 0 Å². The molecule has 0 unspecified atom stereocenters. The summed E-state index contributed by atoms with van der Waals surface area (Å²) in [4.78, 5) is 0.808. The van der Waals surface area contributed by atoms with Crippen molar-refractivity contribution in [2.24, 2.45) is 0 Å². The number of rotatable bonds is 1. The zero-order valence-corrected chi connectivity index (χ0v) is 8.28. The highest BCUT2D eigenvalue weighted by Gasteiger charge is 2.07. The molecule has 1 aromatic heterocycles. The molecule has 0 saturated carbocycles. The van der Waals surface area contributed by atoms with Gasteiger partial charge in [0.2, 0.25) is 0 Å². The Hall–Kier alpha value is -1.62. The van der Waals surface area contributed by atoms with E-state index in [1.807, 2.05) is 24.3 Å². The summed E-state index contributed by atoms with van der Waals surface area (Å²) in [5.74, 6) is 0.437. The van der Waals surface area contributed by atoms with E-state index in [1.165, 1.54) is 6.20 Å². The van der Waals surface area contributed by atoms with Crippen LogP contribution < -0.4 is 11.5 Å². The van der Waals surface area contributed by atoms with Crippen molar-refractivity contribution in [3.63, 3.8) is 0 Å². The van der Waals surface area contributed by atoms with Gasteiger partial charge in [0.25, 0.3) is 0 Å². The van der Waals surface area contributed by atoms with E-state index in [1.54, 1.807) is 4.68 Å². The van der Waals surface area contributed by atoms with Gasteiger partial charge in [-0.15, -0.1) is 12.6 Å². The van der Waals surface area contributed by atoms with E-state index >= 15 is 0 Å². The van der Waals surface area contributed by atoms with Gasteiger partial charge < -0.3 is 11.5 Å². The van der Waals surface area contributed by atoms with E-state index in [9.17, 15) is 0 Å². The maximum atomic E-state index is 5.75. The Morgan fingerprint density at radius 1 is 1.21 bits per heavy atom. The third-order valence-corrected chi connectivity index (χ3v) is 2.32. The second-order valence-corrected chi connectivity index (χ2v) is 3.37. The summed E-state index contributed by atoms with van der Waals surface area (Å²) in [6, 6.07) is 7.54. The summed E-state index contributed by atoms with van der Waals surface area (Å²) in [7, 11) is 0. The van der Waals surface area contributed by atoms with Gasteiger partial charge in [-0.3, -0.25) is 0 Å². The lowest BCUT2D eigenvalue weighted by atomic mass is 10.3. The number of nitrogens with zero attached hydrogens (tertiary/aromatic N) is 2. The van der Waals surface area contributed by atoms with E-state index in [0.717, 1.165) is 10.6 Å². The first kappa shape index (κ1) is 8.96. The lowest BCUT2D eigenvalue weighted by molar-refractivity contribution is 0.873. The smallest absolute Gasteiger partial charge is 0.150 e. The molecule has 1 heterocycles. The Morgan fingerprint density at radius 2 is 1.93 bits per heavy atom. The summed E-state index contributed by atoms with van der Waals surface area (Å²) in [5.41, 5.74) is 12.6. The average molecular weight is 206 g/mol. The van der Waals surface area contributed by atoms with Crippen LogP contribution in [-0.2, 0) is 0 Å².